The summed E-state index contributed by atoms with van der Waals surface area (Å²) in [6.45, 7) is 3.63. The molecule has 1 saturated heterocycles. The lowest BCUT2D eigenvalue weighted by Gasteiger charge is -2.32. The van der Waals surface area contributed by atoms with Gasteiger partial charge in [0, 0.05) is 30.8 Å². The first kappa shape index (κ1) is 18.4. The number of anilines is 1. The van der Waals surface area contributed by atoms with Gasteiger partial charge in [-0.25, -0.2) is 0 Å². The highest BCUT2D eigenvalue weighted by atomic mass is 16.5. The van der Waals surface area contributed by atoms with E-state index >= 15 is 0 Å². The highest BCUT2D eigenvalue weighted by molar-refractivity contribution is 5.93. The van der Waals surface area contributed by atoms with Crippen molar-refractivity contribution in [2.75, 3.05) is 19.0 Å². The van der Waals surface area contributed by atoms with Crippen LogP contribution < -0.4 is 5.32 Å². The predicted octanol–water partition coefficient (Wildman–Crippen LogP) is 4.20. The van der Waals surface area contributed by atoms with Crippen molar-refractivity contribution in [3.63, 3.8) is 0 Å². The molecule has 0 unspecified atom stereocenters. The minimum atomic E-state index is 0.0629. The lowest BCUT2D eigenvalue weighted by atomic mass is 9.94. The zero-order valence-corrected chi connectivity index (χ0v) is 15.7. The molecule has 0 spiro atoms. The zero-order chi connectivity index (χ0) is 17.6. The molecule has 1 aromatic carbocycles. The summed E-state index contributed by atoms with van der Waals surface area (Å²) >= 11 is 0. The van der Waals surface area contributed by atoms with Crippen molar-refractivity contribution in [1.29, 1.82) is 0 Å². The van der Waals surface area contributed by atoms with Gasteiger partial charge in [-0.1, -0.05) is 37.5 Å². The Morgan fingerprint density at radius 1 is 1.20 bits per heavy atom. The maximum atomic E-state index is 12.7. The number of carbonyl (C=O) groups is 1. The first-order valence-corrected chi connectivity index (χ1v) is 9.84. The number of para-hydroxylation sites is 1. The Morgan fingerprint density at radius 2 is 1.96 bits per heavy atom. The number of nitrogens with zero attached hydrogens (tertiary/aromatic N) is 1. The third-order valence-corrected chi connectivity index (χ3v) is 5.75. The van der Waals surface area contributed by atoms with Crippen molar-refractivity contribution in [2.45, 2.75) is 70.6 Å². The van der Waals surface area contributed by atoms with Crippen molar-refractivity contribution in [3.8, 4) is 0 Å². The fourth-order valence-corrected chi connectivity index (χ4v) is 4.17. The summed E-state index contributed by atoms with van der Waals surface area (Å²) < 4.78 is 5.57. The van der Waals surface area contributed by atoms with Crippen molar-refractivity contribution >= 4 is 11.6 Å². The Morgan fingerprint density at radius 3 is 2.72 bits per heavy atom. The number of amides is 1. The third-order valence-electron chi connectivity index (χ3n) is 5.75. The molecule has 2 atom stereocenters. The summed E-state index contributed by atoms with van der Waals surface area (Å²) in [4.78, 5) is 15.1. The molecule has 1 N–H and O–H groups in total. The van der Waals surface area contributed by atoms with Crippen LogP contribution in [0.5, 0.6) is 0 Å². The molecular formula is C21H32N2O2. The fourth-order valence-electron chi connectivity index (χ4n) is 4.17. The molecule has 0 radical (unpaired) electrons. The van der Waals surface area contributed by atoms with Crippen LogP contribution in [0.2, 0.25) is 0 Å². The van der Waals surface area contributed by atoms with Crippen molar-refractivity contribution in [3.05, 3.63) is 29.8 Å². The van der Waals surface area contributed by atoms with Gasteiger partial charge in [0.05, 0.1) is 6.10 Å². The average molecular weight is 344 g/mol. The number of ether oxygens (including phenoxy) is 1. The van der Waals surface area contributed by atoms with Crippen LogP contribution in [0.1, 0.15) is 57.4 Å². The summed E-state index contributed by atoms with van der Waals surface area (Å²) in [6.07, 6.45) is 8.47. The lowest BCUT2D eigenvalue weighted by molar-refractivity contribution is -0.124. The standard InChI is InChI=1S/C21H32N2O2/c1-16-14-17(12-13-25-16)21(24)22-20-11-7-6-8-18(20)15-23(2)19-9-4-3-5-10-19/h6-8,11,16-17,19H,3-5,9-10,12-15H2,1-2H3,(H,22,24)/t16-,17-/m0/s1. The monoisotopic (exact) mass is 344 g/mol. The van der Waals surface area contributed by atoms with E-state index in [-0.39, 0.29) is 17.9 Å². The van der Waals surface area contributed by atoms with E-state index in [4.69, 9.17) is 4.74 Å². The minimum Gasteiger partial charge on any atom is -0.378 e. The van der Waals surface area contributed by atoms with E-state index in [1.54, 1.807) is 0 Å². The van der Waals surface area contributed by atoms with Gasteiger partial charge < -0.3 is 10.1 Å². The molecule has 2 aliphatic rings. The third kappa shape index (κ3) is 5.05. The van der Waals surface area contributed by atoms with Crippen LogP contribution >= 0.6 is 0 Å². The Kier molecular flexibility index (Phi) is 6.49. The van der Waals surface area contributed by atoms with Gasteiger partial charge in [-0.3, -0.25) is 9.69 Å². The summed E-state index contributed by atoms with van der Waals surface area (Å²) in [7, 11) is 2.22. The Balaban J connectivity index is 1.62. The fraction of sp³-hybridized carbons (Fsp3) is 0.667. The number of carbonyl (C=O) groups excluding carboxylic acids is 1. The Bertz CT molecular complexity index is 569. The highest BCUT2D eigenvalue weighted by Gasteiger charge is 2.26. The van der Waals surface area contributed by atoms with Crippen LogP contribution in [0.3, 0.4) is 0 Å². The molecule has 1 aliphatic heterocycles. The first-order valence-electron chi connectivity index (χ1n) is 9.84. The zero-order valence-electron chi connectivity index (χ0n) is 15.7. The molecule has 1 amide bonds. The molecule has 4 heteroatoms. The highest BCUT2D eigenvalue weighted by Crippen LogP contribution is 2.26. The number of hydrogen-bond acceptors (Lipinski definition) is 3. The molecular weight excluding hydrogens is 312 g/mol. The normalized spacial score (nSPS) is 25.1. The van der Waals surface area contributed by atoms with Crippen LogP contribution in [0.25, 0.3) is 0 Å². The second kappa shape index (κ2) is 8.81. The van der Waals surface area contributed by atoms with Crippen LogP contribution in [-0.4, -0.2) is 36.6 Å². The molecule has 4 nitrogen and oxygen atoms in total. The molecule has 138 valence electrons. The molecule has 0 aromatic heterocycles. The van der Waals surface area contributed by atoms with E-state index in [0.29, 0.717) is 12.6 Å². The Labute approximate surface area is 151 Å². The topological polar surface area (TPSA) is 41.6 Å². The Hall–Kier alpha value is -1.39. The second-order valence-electron chi connectivity index (χ2n) is 7.76. The average Bonchev–Trinajstić information content (AvgIpc) is 2.64. The smallest absolute Gasteiger partial charge is 0.227 e. The van der Waals surface area contributed by atoms with Crippen molar-refractivity contribution < 1.29 is 9.53 Å². The van der Waals surface area contributed by atoms with Crippen LogP contribution in [0.4, 0.5) is 5.69 Å². The van der Waals surface area contributed by atoms with E-state index in [9.17, 15) is 4.79 Å². The van der Waals surface area contributed by atoms with Crippen LogP contribution in [0, 0.1) is 5.92 Å². The van der Waals surface area contributed by atoms with Gasteiger partial charge in [0.2, 0.25) is 5.91 Å². The minimum absolute atomic E-state index is 0.0629. The van der Waals surface area contributed by atoms with E-state index in [1.807, 2.05) is 19.1 Å². The van der Waals surface area contributed by atoms with Crippen molar-refractivity contribution in [1.82, 2.24) is 4.90 Å². The number of rotatable bonds is 5. The van der Waals surface area contributed by atoms with Gasteiger partial charge in [0.25, 0.3) is 0 Å². The molecule has 0 bridgehead atoms. The summed E-state index contributed by atoms with van der Waals surface area (Å²) in [5.41, 5.74) is 2.18. The van der Waals surface area contributed by atoms with Gasteiger partial charge in [0.1, 0.15) is 0 Å². The molecule has 1 aliphatic carbocycles. The maximum Gasteiger partial charge on any atom is 0.227 e. The molecule has 3 rings (SSSR count). The van der Waals surface area contributed by atoms with Gasteiger partial charge in [-0.15, -0.1) is 0 Å². The van der Waals surface area contributed by atoms with Crippen LogP contribution in [0.15, 0.2) is 24.3 Å². The molecule has 1 heterocycles. The largest absolute Gasteiger partial charge is 0.378 e. The summed E-state index contributed by atoms with van der Waals surface area (Å²) in [5, 5.41) is 3.19. The number of nitrogens with one attached hydrogen (secondary N) is 1. The second-order valence-corrected chi connectivity index (χ2v) is 7.76. The van der Waals surface area contributed by atoms with Gasteiger partial charge in [-0.2, -0.15) is 0 Å². The summed E-state index contributed by atoms with van der Waals surface area (Å²) in [6, 6.07) is 8.92. The van der Waals surface area contributed by atoms with E-state index in [1.165, 1.54) is 37.7 Å². The predicted molar refractivity (Wildman–Crippen MR) is 102 cm³/mol. The first-order chi connectivity index (χ1) is 12.1. The number of benzene rings is 1. The SMILES string of the molecule is C[C@H]1C[C@@H](C(=O)Nc2ccccc2CN(C)C2CCCCC2)CCO1. The van der Waals surface area contributed by atoms with Crippen molar-refractivity contribution in [2.24, 2.45) is 5.92 Å². The maximum absolute atomic E-state index is 12.7. The van der Waals surface area contributed by atoms with Crippen LogP contribution in [-0.2, 0) is 16.1 Å². The van der Waals surface area contributed by atoms with Gasteiger partial charge in [0.15, 0.2) is 0 Å². The van der Waals surface area contributed by atoms with Gasteiger partial charge in [-0.05, 0) is 51.3 Å². The molecule has 1 aromatic rings. The van der Waals surface area contributed by atoms with E-state index in [2.05, 4.69) is 29.4 Å². The lowest BCUT2D eigenvalue weighted by Crippen LogP contribution is -2.34. The quantitative estimate of drug-likeness (QED) is 0.870. The van der Waals surface area contributed by atoms with Gasteiger partial charge >= 0.3 is 0 Å². The molecule has 1 saturated carbocycles. The number of hydrogen-bond donors (Lipinski definition) is 1. The molecule has 2 fully saturated rings. The van der Waals surface area contributed by atoms with E-state index < -0.39 is 0 Å². The van der Waals surface area contributed by atoms with E-state index in [0.717, 1.165) is 25.1 Å². The summed E-state index contributed by atoms with van der Waals surface area (Å²) in [5.74, 6) is 0.204. The molecule has 25 heavy (non-hydrogen) atoms.